The zero-order chi connectivity index (χ0) is 10.4. The Bertz CT molecular complexity index is 250. The molecule has 0 heterocycles. The molecule has 0 aliphatic carbocycles. The minimum Gasteiger partial charge on any atom is -0.330 e. The topological polar surface area (TPSA) is 26.0 Å². The fraction of sp³-hybridized carbons (Fsp3) is 0.538. The van der Waals surface area contributed by atoms with E-state index in [2.05, 4.69) is 38.1 Å². The molecule has 0 amide bonds. The van der Waals surface area contributed by atoms with Crippen LogP contribution in [-0.4, -0.2) is 6.54 Å². The first-order chi connectivity index (χ1) is 6.77. The summed E-state index contributed by atoms with van der Waals surface area (Å²) in [6.45, 7) is 5.27. The molecule has 1 aromatic rings. The standard InChI is InChI=1S/C13H21N/c1-3-4-11(2)13-7-5-12(6-8-13)9-10-14/h5-8,11H,3-4,9-10,14H2,1-2H3. The summed E-state index contributed by atoms with van der Waals surface area (Å²) in [5.74, 6) is 0.687. The Morgan fingerprint density at radius 2 is 1.86 bits per heavy atom. The highest BCUT2D eigenvalue weighted by Crippen LogP contribution is 2.20. The lowest BCUT2D eigenvalue weighted by atomic mass is 9.95. The Morgan fingerprint density at radius 3 is 2.36 bits per heavy atom. The van der Waals surface area contributed by atoms with Crippen molar-refractivity contribution in [1.82, 2.24) is 0 Å². The molecule has 0 radical (unpaired) electrons. The number of hydrogen-bond acceptors (Lipinski definition) is 1. The Hall–Kier alpha value is -0.820. The van der Waals surface area contributed by atoms with Gasteiger partial charge in [0.1, 0.15) is 0 Å². The van der Waals surface area contributed by atoms with Crippen molar-refractivity contribution in [3.8, 4) is 0 Å². The molecule has 1 atom stereocenters. The van der Waals surface area contributed by atoms with Gasteiger partial charge in [0.05, 0.1) is 0 Å². The fourth-order valence-electron chi connectivity index (χ4n) is 1.78. The molecule has 1 nitrogen and oxygen atoms in total. The largest absolute Gasteiger partial charge is 0.330 e. The normalized spacial score (nSPS) is 12.8. The smallest absolute Gasteiger partial charge is 0.00367 e. The van der Waals surface area contributed by atoms with E-state index in [4.69, 9.17) is 5.73 Å². The summed E-state index contributed by atoms with van der Waals surface area (Å²) in [5, 5.41) is 0. The van der Waals surface area contributed by atoms with E-state index in [1.54, 1.807) is 0 Å². The van der Waals surface area contributed by atoms with Crippen LogP contribution in [0.5, 0.6) is 0 Å². The van der Waals surface area contributed by atoms with Gasteiger partial charge in [0.25, 0.3) is 0 Å². The first-order valence-corrected chi connectivity index (χ1v) is 5.56. The molecule has 0 saturated carbocycles. The van der Waals surface area contributed by atoms with Crippen molar-refractivity contribution in [2.24, 2.45) is 5.73 Å². The van der Waals surface area contributed by atoms with Crippen LogP contribution in [0, 0.1) is 0 Å². The minimum absolute atomic E-state index is 0.687. The minimum atomic E-state index is 0.687. The summed E-state index contributed by atoms with van der Waals surface area (Å²) in [4.78, 5) is 0. The number of nitrogens with two attached hydrogens (primary N) is 1. The quantitative estimate of drug-likeness (QED) is 0.760. The molecule has 14 heavy (non-hydrogen) atoms. The Balaban J connectivity index is 2.62. The molecule has 1 heteroatoms. The molecule has 0 aliphatic rings. The van der Waals surface area contributed by atoms with Gasteiger partial charge in [-0.25, -0.2) is 0 Å². The maximum Gasteiger partial charge on any atom is -0.00367 e. The van der Waals surface area contributed by atoms with Gasteiger partial charge in [-0.1, -0.05) is 44.5 Å². The number of benzene rings is 1. The first-order valence-electron chi connectivity index (χ1n) is 5.56. The third kappa shape index (κ3) is 3.15. The molecule has 0 bridgehead atoms. The third-order valence-electron chi connectivity index (χ3n) is 2.70. The SMILES string of the molecule is CCCC(C)c1ccc(CCN)cc1. The molecular formula is C13H21N. The summed E-state index contributed by atoms with van der Waals surface area (Å²) in [7, 11) is 0. The summed E-state index contributed by atoms with van der Waals surface area (Å²) in [6.07, 6.45) is 3.52. The highest BCUT2D eigenvalue weighted by molar-refractivity contribution is 5.25. The van der Waals surface area contributed by atoms with Crippen molar-refractivity contribution >= 4 is 0 Å². The molecule has 78 valence electrons. The average molecular weight is 191 g/mol. The monoisotopic (exact) mass is 191 g/mol. The van der Waals surface area contributed by atoms with Gasteiger partial charge in [-0.15, -0.1) is 0 Å². The van der Waals surface area contributed by atoms with Gasteiger partial charge in [0.2, 0.25) is 0 Å². The van der Waals surface area contributed by atoms with Gasteiger partial charge in [-0.2, -0.15) is 0 Å². The van der Waals surface area contributed by atoms with Crippen molar-refractivity contribution in [3.63, 3.8) is 0 Å². The van der Waals surface area contributed by atoms with Crippen molar-refractivity contribution in [2.45, 2.75) is 39.0 Å². The Morgan fingerprint density at radius 1 is 1.21 bits per heavy atom. The Labute approximate surface area is 87.3 Å². The molecule has 0 saturated heterocycles. The van der Waals surface area contributed by atoms with E-state index >= 15 is 0 Å². The molecular weight excluding hydrogens is 170 g/mol. The van der Waals surface area contributed by atoms with Gasteiger partial charge in [-0.05, 0) is 36.4 Å². The van der Waals surface area contributed by atoms with Gasteiger partial charge >= 0.3 is 0 Å². The molecule has 1 aromatic carbocycles. The van der Waals surface area contributed by atoms with E-state index in [9.17, 15) is 0 Å². The van der Waals surface area contributed by atoms with Crippen molar-refractivity contribution < 1.29 is 0 Å². The van der Waals surface area contributed by atoms with Crippen molar-refractivity contribution in [2.75, 3.05) is 6.54 Å². The lowest BCUT2D eigenvalue weighted by Gasteiger charge is -2.10. The van der Waals surface area contributed by atoms with Crippen LogP contribution in [0.15, 0.2) is 24.3 Å². The van der Waals surface area contributed by atoms with Crippen LogP contribution >= 0.6 is 0 Å². The molecule has 0 fully saturated rings. The fourth-order valence-corrected chi connectivity index (χ4v) is 1.78. The second kappa shape index (κ2) is 5.82. The Kier molecular flexibility index (Phi) is 4.68. The zero-order valence-corrected chi connectivity index (χ0v) is 9.29. The average Bonchev–Trinajstić information content (AvgIpc) is 2.20. The summed E-state index contributed by atoms with van der Waals surface area (Å²) in [6, 6.07) is 8.89. The highest BCUT2D eigenvalue weighted by Gasteiger charge is 2.03. The van der Waals surface area contributed by atoms with E-state index in [-0.39, 0.29) is 0 Å². The van der Waals surface area contributed by atoms with E-state index in [0.29, 0.717) is 5.92 Å². The summed E-state index contributed by atoms with van der Waals surface area (Å²) >= 11 is 0. The van der Waals surface area contributed by atoms with Crippen LogP contribution in [0.4, 0.5) is 0 Å². The van der Waals surface area contributed by atoms with E-state index < -0.39 is 0 Å². The van der Waals surface area contributed by atoms with Crippen molar-refractivity contribution in [1.29, 1.82) is 0 Å². The molecule has 2 N–H and O–H groups in total. The van der Waals surface area contributed by atoms with Crippen LogP contribution in [0.25, 0.3) is 0 Å². The maximum absolute atomic E-state index is 5.51. The maximum atomic E-state index is 5.51. The third-order valence-corrected chi connectivity index (χ3v) is 2.70. The molecule has 0 spiro atoms. The van der Waals surface area contributed by atoms with Crippen molar-refractivity contribution in [3.05, 3.63) is 35.4 Å². The van der Waals surface area contributed by atoms with Gasteiger partial charge in [-0.3, -0.25) is 0 Å². The molecule has 0 aromatic heterocycles. The second-order valence-electron chi connectivity index (χ2n) is 3.97. The van der Waals surface area contributed by atoms with Crippen LogP contribution in [0.1, 0.15) is 43.7 Å². The molecule has 1 rings (SSSR count). The van der Waals surface area contributed by atoms with Gasteiger partial charge < -0.3 is 5.73 Å². The van der Waals surface area contributed by atoms with Crippen LogP contribution in [0.2, 0.25) is 0 Å². The van der Waals surface area contributed by atoms with Gasteiger partial charge in [0, 0.05) is 0 Å². The second-order valence-corrected chi connectivity index (χ2v) is 3.97. The van der Waals surface area contributed by atoms with E-state index in [1.807, 2.05) is 0 Å². The summed E-state index contributed by atoms with van der Waals surface area (Å²) < 4.78 is 0. The molecule has 1 unspecified atom stereocenters. The van der Waals surface area contributed by atoms with E-state index in [0.717, 1.165) is 13.0 Å². The van der Waals surface area contributed by atoms with Crippen LogP contribution < -0.4 is 5.73 Å². The lowest BCUT2D eigenvalue weighted by molar-refractivity contribution is 0.664. The summed E-state index contributed by atoms with van der Waals surface area (Å²) in [5.41, 5.74) is 8.30. The van der Waals surface area contributed by atoms with E-state index in [1.165, 1.54) is 24.0 Å². The lowest BCUT2D eigenvalue weighted by Crippen LogP contribution is -2.02. The zero-order valence-electron chi connectivity index (χ0n) is 9.29. The van der Waals surface area contributed by atoms with Gasteiger partial charge in [0.15, 0.2) is 0 Å². The molecule has 0 aliphatic heterocycles. The highest BCUT2D eigenvalue weighted by atomic mass is 14.5. The first kappa shape index (κ1) is 11.3. The number of rotatable bonds is 5. The predicted octanol–water partition coefficient (Wildman–Crippen LogP) is 3.09. The van der Waals surface area contributed by atoms with Crippen LogP contribution in [-0.2, 0) is 6.42 Å². The predicted molar refractivity (Wildman–Crippen MR) is 62.5 cm³/mol. The van der Waals surface area contributed by atoms with Crippen LogP contribution in [0.3, 0.4) is 0 Å². The number of hydrogen-bond donors (Lipinski definition) is 1.